The molecule has 3 amide bonds. The fraction of sp³-hybridized carbons (Fsp3) is 0.500. The highest BCUT2D eigenvalue weighted by atomic mass is 16.5. The lowest BCUT2D eigenvalue weighted by Gasteiger charge is -2.28. The van der Waals surface area contributed by atoms with E-state index in [1.54, 1.807) is 18.1 Å². The van der Waals surface area contributed by atoms with Crippen molar-refractivity contribution < 1.29 is 19.1 Å². The molecule has 33 heavy (non-hydrogen) atoms. The van der Waals surface area contributed by atoms with Crippen molar-refractivity contribution in [3.63, 3.8) is 0 Å². The minimum Gasteiger partial charge on any atom is -0.496 e. The third-order valence-electron chi connectivity index (χ3n) is 7.15. The maximum absolute atomic E-state index is 13.4. The number of fused-ring (bicyclic) bond motifs is 2. The normalized spacial score (nSPS) is 26.8. The first-order chi connectivity index (χ1) is 16.0. The minimum absolute atomic E-state index is 0.0649. The smallest absolute Gasteiger partial charge is 0.271 e. The van der Waals surface area contributed by atoms with E-state index in [1.165, 1.54) is 0 Å². The molecule has 3 heterocycles. The number of nitrogens with zero attached hydrogens (tertiary/aromatic N) is 2. The summed E-state index contributed by atoms with van der Waals surface area (Å²) in [5.74, 6) is 0.207. The van der Waals surface area contributed by atoms with E-state index in [-0.39, 0.29) is 36.0 Å². The molecule has 172 valence electrons. The summed E-state index contributed by atoms with van der Waals surface area (Å²) in [7, 11) is 1.58. The van der Waals surface area contributed by atoms with Crippen LogP contribution in [-0.4, -0.2) is 59.9 Å². The molecule has 2 saturated heterocycles. The second-order valence-corrected chi connectivity index (χ2v) is 9.22. The van der Waals surface area contributed by atoms with E-state index in [0.29, 0.717) is 36.9 Å². The van der Waals surface area contributed by atoms with Crippen molar-refractivity contribution in [2.75, 3.05) is 20.2 Å². The second-order valence-electron chi connectivity index (χ2n) is 9.22. The van der Waals surface area contributed by atoms with Gasteiger partial charge in [-0.05, 0) is 55.7 Å². The minimum atomic E-state index is -0.765. The van der Waals surface area contributed by atoms with E-state index in [0.717, 1.165) is 23.7 Å². The van der Waals surface area contributed by atoms with E-state index < -0.39 is 12.1 Å². The fourth-order valence-corrected chi connectivity index (χ4v) is 5.33. The van der Waals surface area contributed by atoms with Crippen LogP contribution in [0.2, 0.25) is 0 Å². The Balaban J connectivity index is 1.31. The van der Waals surface area contributed by atoms with Gasteiger partial charge in [0.25, 0.3) is 5.91 Å². The van der Waals surface area contributed by atoms with Gasteiger partial charge in [-0.3, -0.25) is 14.4 Å². The van der Waals surface area contributed by atoms with Crippen LogP contribution >= 0.6 is 0 Å². The van der Waals surface area contributed by atoms with Gasteiger partial charge in [0.1, 0.15) is 23.5 Å². The highest BCUT2D eigenvalue weighted by Gasteiger charge is 2.57. The van der Waals surface area contributed by atoms with Crippen LogP contribution in [0.1, 0.15) is 36.2 Å². The number of H-pyrrole nitrogens is 1. The molecule has 0 radical (unpaired) electrons. The molecule has 9 nitrogen and oxygen atoms in total. The second kappa shape index (κ2) is 8.43. The number of amides is 3. The third-order valence-corrected chi connectivity index (χ3v) is 7.15. The lowest BCUT2D eigenvalue weighted by Crippen LogP contribution is -2.51. The van der Waals surface area contributed by atoms with Gasteiger partial charge in [-0.2, -0.15) is 5.26 Å². The number of methoxy groups -OCH3 is 1. The molecule has 4 unspecified atom stereocenters. The molecule has 1 aromatic carbocycles. The summed E-state index contributed by atoms with van der Waals surface area (Å²) in [6.45, 7) is 1.18. The van der Waals surface area contributed by atoms with Crippen LogP contribution in [0.15, 0.2) is 24.3 Å². The van der Waals surface area contributed by atoms with Crippen molar-refractivity contribution >= 4 is 28.6 Å². The van der Waals surface area contributed by atoms with Crippen LogP contribution in [0, 0.1) is 29.1 Å². The number of benzene rings is 1. The zero-order chi connectivity index (χ0) is 23.1. The lowest BCUT2D eigenvalue weighted by atomic mass is 9.92. The predicted molar refractivity (Wildman–Crippen MR) is 119 cm³/mol. The number of hydrogen-bond acceptors (Lipinski definition) is 5. The number of carbonyl (C=O) groups is 3. The first-order valence-corrected chi connectivity index (χ1v) is 11.4. The van der Waals surface area contributed by atoms with Crippen molar-refractivity contribution in [3.8, 4) is 11.8 Å². The van der Waals surface area contributed by atoms with Crippen LogP contribution in [0.4, 0.5) is 0 Å². The third kappa shape index (κ3) is 3.90. The Hall–Kier alpha value is -3.54. The molecular formula is C24H27N5O4. The van der Waals surface area contributed by atoms with E-state index in [4.69, 9.17) is 4.74 Å². The molecule has 3 N–H and O–H groups in total. The number of piperidine rings is 2. The molecule has 5 atom stereocenters. The molecule has 1 aromatic heterocycles. The summed E-state index contributed by atoms with van der Waals surface area (Å²) in [5.41, 5.74) is 1.20. The molecule has 2 aromatic rings. The van der Waals surface area contributed by atoms with E-state index >= 15 is 0 Å². The van der Waals surface area contributed by atoms with Gasteiger partial charge in [0.15, 0.2) is 0 Å². The van der Waals surface area contributed by atoms with E-state index in [9.17, 15) is 19.6 Å². The highest BCUT2D eigenvalue weighted by Crippen LogP contribution is 2.50. The molecule has 1 saturated carbocycles. The number of nitrogens with one attached hydrogen (secondary N) is 3. The van der Waals surface area contributed by atoms with Crippen LogP contribution in [0.3, 0.4) is 0 Å². The monoisotopic (exact) mass is 449 g/mol. The maximum atomic E-state index is 13.4. The number of aromatic amines is 1. The van der Waals surface area contributed by atoms with Crippen molar-refractivity contribution in [3.05, 3.63) is 30.0 Å². The summed E-state index contributed by atoms with van der Waals surface area (Å²) in [6.07, 6.45) is 2.77. The van der Waals surface area contributed by atoms with Crippen molar-refractivity contribution in [2.45, 2.75) is 37.8 Å². The van der Waals surface area contributed by atoms with E-state index in [1.807, 2.05) is 18.2 Å². The molecular weight excluding hydrogens is 422 g/mol. The summed E-state index contributed by atoms with van der Waals surface area (Å²) in [6, 6.07) is 8.07. The van der Waals surface area contributed by atoms with Gasteiger partial charge in [-0.15, -0.1) is 0 Å². The molecule has 3 fully saturated rings. The van der Waals surface area contributed by atoms with Crippen LogP contribution < -0.4 is 15.4 Å². The number of carbonyl (C=O) groups excluding carboxylic acids is 3. The average Bonchev–Trinajstić information content (AvgIpc) is 3.27. The van der Waals surface area contributed by atoms with Gasteiger partial charge in [0, 0.05) is 29.9 Å². The summed E-state index contributed by atoms with van der Waals surface area (Å²) >= 11 is 0. The quantitative estimate of drug-likeness (QED) is 0.617. The summed E-state index contributed by atoms with van der Waals surface area (Å²) in [4.78, 5) is 43.4. The standard InChI is InChI=1S/C24H27N5O4/c1-33-20-6-2-5-18-17(20)10-19(28-18)24(32)29-12-14-9-16(14)21(29)23(31)27-15(11-25)8-13-4-3-7-26-22(13)30/h2,5-6,10,13-16,21,28H,3-4,7-9,12H2,1H3,(H,26,30)(H,27,31)/t13-,14?,15?,16?,21?/m0/s1. The van der Waals surface area contributed by atoms with E-state index in [2.05, 4.69) is 21.7 Å². The Morgan fingerprint density at radius 1 is 1.39 bits per heavy atom. The Labute approximate surface area is 191 Å². The summed E-state index contributed by atoms with van der Waals surface area (Å²) < 4.78 is 5.39. The molecule has 3 aliphatic rings. The number of rotatable bonds is 6. The number of ether oxygens (including phenoxy) is 1. The zero-order valence-corrected chi connectivity index (χ0v) is 18.5. The Kier molecular flexibility index (Phi) is 5.44. The first-order valence-electron chi connectivity index (χ1n) is 11.4. The van der Waals surface area contributed by atoms with Crippen molar-refractivity contribution in [1.29, 1.82) is 5.26 Å². The van der Waals surface area contributed by atoms with Crippen LogP contribution in [-0.2, 0) is 9.59 Å². The van der Waals surface area contributed by atoms with Gasteiger partial charge in [-0.25, -0.2) is 0 Å². The Morgan fingerprint density at radius 2 is 2.24 bits per heavy atom. The lowest BCUT2D eigenvalue weighted by molar-refractivity contribution is -0.129. The van der Waals surface area contributed by atoms with Gasteiger partial charge in [0.05, 0.1) is 13.2 Å². The Morgan fingerprint density at radius 3 is 3.00 bits per heavy atom. The van der Waals surface area contributed by atoms with Gasteiger partial charge in [-0.1, -0.05) is 6.07 Å². The van der Waals surface area contributed by atoms with Gasteiger partial charge < -0.3 is 25.3 Å². The Bertz CT molecular complexity index is 1150. The van der Waals surface area contributed by atoms with Crippen LogP contribution in [0.25, 0.3) is 10.9 Å². The molecule has 1 aliphatic carbocycles. The molecule has 0 bridgehead atoms. The first kappa shape index (κ1) is 21.3. The number of likely N-dealkylation sites (tertiary alicyclic amines) is 1. The van der Waals surface area contributed by atoms with Crippen LogP contribution in [0.5, 0.6) is 5.75 Å². The van der Waals surface area contributed by atoms with Crippen molar-refractivity contribution in [1.82, 2.24) is 20.5 Å². The molecule has 0 spiro atoms. The molecule has 9 heteroatoms. The largest absolute Gasteiger partial charge is 0.496 e. The number of aromatic nitrogens is 1. The zero-order valence-electron chi connectivity index (χ0n) is 18.5. The maximum Gasteiger partial charge on any atom is 0.271 e. The topological polar surface area (TPSA) is 127 Å². The van der Waals surface area contributed by atoms with Gasteiger partial charge in [0.2, 0.25) is 11.8 Å². The SMILES string of the molecule is COc1cccc2[nH]c(C(=O)N3CC4CC4C3C(=O)NC(C#N)C[C@@H]3CCCNC3=O)cc12. The van der Waals surface area contributed by atoms with Gasteiger partial charge >= 0.3 is 0 Å². The van der Waals surface area contributed by atoms with Crippen molar-refractivity contribution in [2.24, 2.45) is 17.8 Å². The fourth-order valence-electron chi connectivity index (χ4n) is 5.33. The number of nitriles is 1. The summed E-state index contributed by atoms with van der Waals surface area (Å²) in [5, 5.41) is 16.0. The highest BCUT2D eigenvalue weighted by molar-refractivity contribution is 6.02. The average molecular weight is 450 g/mol. The number of hydrogen-bond donors (Lipinski definition) is 3. The molecule has 5 rings (SSSR count). The predicted octanol–water partition coefficient (Wildman–Crippen LogP) is 1.56. The molecule has 2 aliphatic heterocycles.